The maximum Gasteiger partial charge on any atom is 0.128 e. The minimum Gasteiger partial charge on any atom is -0.271 e. The lowest BCUT2D eigenvalue weighted by Crippen LogP contribution is -1.95. The summed E-state index contributed by atoms with van der Waals surface area (Å²) >= 11 is 0. The number of hydrogen-bond donors (Lipinski definition) is 0. The van der Waals surface area contributed by atoms with Crippen LogP contribution in [0.5, 0.6) is 0 Å². The van der Waals surface area contributed by atoms with E-state index in [9.17, 15) is 4.39 Å². The van der Waals surface area contributed by atoms with Gasteiger partial charge in [0.2, 0.25) is 0 Å². The number of nitrogens with zero attached hydrogens (tertiary/aromatic N) is 2. The van der Waals surface area contributed by atoms with Gasteiger partial charge in [0.1, 0.15) is 5.82 Å². The van der Waals surface area contributed by atoms with Gasteiger partial charge in [-0.1, -0.05) is 6.92 Å². The van der Waals surface area contributed by atoms with E-state index in [-0.39, 0.29) is 5.82 Å². The van der Waals surface area contributed by atoms with Crippen molar-refractivity contribution < 1.29 is 4.39 Å². The molecule has 0 unspecified atom stereocenters. The summed E-state index contributed by atoms with van der Waals surface area (Å²) in [6.45, 7) is 3.85. The van der Waals surface area contributed by atoms with Gasteiger partial charge in [-0.3, -0.25) is 4.68 Å². The quantitative estimate of drug-likeness (QED) is 0.679. The third-order valence-electron chi connectivity index (χ3n) is 2.65. The molecule has 2 rings (SSSR count). The van der Waals surface area contributed by atoms with Gasteiger partial charge in [0.15, 0.2) is 0 Å². The molecule has 0 aliphatic rings. The van der Waals surface area contributed by atoms with E-state index in [1.165, 1.54) is 6.07 Å². The first-order valence-corrected chi connectivity index (χ1v) is 4.75. The van der Waals surface area contributed by atoms with Crippen LogP contribution in [0.2, 0.25) is 0 Å². The van der Waals surface area contributed by atoms with Gasteiger partial charge >= 0.3 is 0 Å². The first kappa shape index (κ1) is 9.19. The van der Waals surface area contributed by atoms with Gasteiger partial charge in [-0.25, -0.2) is 4.39 Å². The molecule has 1 aromatic carbocycles. The number of aromatic nitrogens is 2. The van der Waals surface area contributed by atoms with Crippen molar-refractivity contribution in [1.29, 1.82) is 0 Å². The van der Waals surface area contributed by atoms with Gasteiger partial charge in [0, 0.05) is 23.7 Å². The van der Waals surface area contributed by atoms with E-state index in [1.807, 2.05) is 17.8 Å². The fraction of sp³-hybridized carbons (Fsp3) is 0.364. The molecule has 0 saturated heterocycles. The van der Waals surface area contributed by atoms with Gasteiger partial charge in [0.05, 0.1) is 5.52 Å². The lowest BCUT2D eigenvalue weighted by atomic mass is 10.1. The standard InChI is InChI=1S/C11H13FN2/c1-4-10-8-5-6-9(12)7(2)11(8)13-14(10)3/h5-6H,4H2,1-3H3. The van der Waals surface area contributed by atoms with Crippen LogP contribution < -0.4 is 0 Å². The molecule has 1 aromatic heterocycles. The molecule has 0 N–H and O–H groups in total. The number of fused-ring (bicyclic) bond motifs is 1. The molecule has 0 spiro atoms. The minimum atomic E-state index is -0.182. The number of hydrogen-bond acceptors (Lipinski definition) is 1. The largest absolute Gasteiger partial charge is 0.271 e. The molecule has 0 aliphatic heterocycles. The van der Waals surface area contributed by atoms with Gasteiger partial charge in [-0.15, -0.1) is 0 Å². The molecule has 1 heterocycles. The van der Waals surface area contributed by atoms with Crippen molar-refractivity contribution in [1.82, 2.24) is 9.78 Å². The zero-order valence-electron chi connectivity index (χ0n) is 8.63. The number of halogens is 1. The number of rotatable bonds is 1. The summed E-state index contributed by atoms with van der Waals surface area (Å²) in [5, 5.41) is 5.38. The van der Waals surface area contributed by atoms with Crippen LogP contribution >= 0.6 is 0 Å². The Morgan fingerprint density at radius 3 is 2.79 bits per heavy atom. The lowest BCUT2D eigenvalue weighted by Gasteiger charge is -1.97. The Hall–Kier alpha value is -1.38. The summed E-state index contributed by atoms with van der Waals surface area (Å²) in [4.78, 5) is 0. The molecule has 14 heavy (non-hydrogen) atoms. The van der Waals surface area contributed by atoms with Crippen molar-refractivity contribution in [3.8, 4) is 0 Å². The number of aryl methyl sites for hydroxylation is 3. The van der Waals surface area contributed by atoms with E-state index < -0.39 is 0 Å². The maximum absolute atomic E-state index is 13.2. The highest BCUT2D eigenvalue weighted by Gasteiger charge is 2.11. The van der Waals surface area contributed by atoms with Crippen LogP contribution in [0.25, 0.3) is 10.9 Å². The topological polar surface area (TPSA) is 17.8 Å². The van der Waals surface area contributed by atoms with Crippen LogP contribution in [-0.4, -0.2) is 9.78 Å². The predicted molar refractivity (Wildman–Crippen MR) is 54.8 cm³/mol. The van der Waals surface area contributed by atoms with Crippen LogP contribution in [0.4, 0.5) is 4.39 Å². The minimum absolute atomic E-state index is 0.182. The molecule has 0 amide bonds. The zero-order chi connectivity index (χ0) is 10.3. The average Bonchev–Trinajstić information content (AvgIpc) is 2.49. The molecule has 2 aromatic rings. The first-order valence-electron chi connectivity index (χ1n) is 4.75. The molecule has 0 atom stereocenters. The molecule has 3 heteroatoms. The fourth-order valence-corrected chi connectivity index (χ4v) is 1.84. The Balaban J connectivity index is 2.87. The van der Waals surface area contributed by atoms with E-state index in [4.69, 9.17) is 0 Å². The predicted octanol–water partition coefficient (Wildman–Crippen LogP) is 2.58. The molecule has 74 valence electrons. The van der Waals surface area contributed by atoms with E-state index >= 15 is 0 Å². The second kappa shape index (κ2) is 3.08. The van der Waals surface area contributed by atoms with Crippen LogP contribution in [0, 0.1) is 12.7 Å². The van der Waals surface area contributed by atoms with E-state index in [0.717, 1.165) is 23.0 Å². The van der Waals surface area contributed by atoms with Gasteiger partial charge in [0.25, 0.3) is 0 Å². The lowest BCUT2D eigenvalue weighted by molar-refractivity contribution is 0.620. The van der Waals surface area contributed by atoms with Crippen LogP contribution in [-0.2, 0) is 13.5 Å². The molecule has 2 nitrogen and oxygen atoms in total. The van der Waals surface area contributed by atoms with Gasteiger partial charge in [-0.2, -0.15) is 5.10 Å². The SMILES string of the molecule is CCc1c2ccc(F)c(C)c2nn1C. The molecule has 0 bridgehead atoms. The summed E-state index contributed by atoms with van der Waals surface area (Å²) in [6, 6.07) is 3.32. The summed E-state index contributed by atoms with van der Waals surface area (Å²) in [5.74, 6) is -0.182. The second-order valence-corrected chi connectivity index (χ2v) is 3.49. The average molecular weight is 192 g/mol. The van der Waals surface area contributed by atoms with Crippen molar-refractivity contribution in [2.45, 2.75) is 20.3 Å². The van der Waals surface area contributed by atoms with Crippen molar-refractivity contribution >= 4 is 10.9 Å². The van der Waals surface area contributed by atoms with Gasteiger partial charge in [-0.05, 0) is 25.5 Å². The molecule has 0 aliphatic carbocycles. The Morgan fingerprint density at radius 1 is 1.43 bits per heavy atom. The van der Waals surface area contributed by atoms with Crippen LogP contribution in [0.15, 0.2) is 12.1 Å². The maximum atomic E-state index is 13.2. The molecular weight excluding hydrogens is 179 g/mol. The highest BCUT2D eigenvalue weighted by Crippen LogP contribution is 2.23. The summed E-state index contributed by atoms with van der Waals surface area (Å²) in [6.07, 6.45) is 0.915. The van der Waals surface area contributed by atoms with Crippen LogP contribution in [0.3, 0.4) is 0 Å². The smallest absolute Gasteiger partial charge is 0.128 e. The first-order chi connectivity index (χ1) is 6.65. The van der Waals surface area contributed by atoms with E-state index in [1.54, 1.807) is 6.92 Å². The third-order valence-corrected chi connectivity index (χ3v) is 2.65. The number of benzene rings is 1. The van der Waals surface area contributed by atoms with E-state index in [0.29, 0.717) is 5.56 Å². The van der Waals surface area contributed by atoms with Crippen molar-refractivity contribution in [2.75, 3.05) is 0 Å². The third kappa shape index (κ3) is 1.12. The van der Waals surface area contributed by atoms with Crippen LogP contribution in [0.1, 0.15) is 18.2 Å². The van der Waals surface area contributed by atoms with Crippen molar-refractivity contribution in [2.24, 2.45) is 7.05 Å². The molecular formula is C11H13FN2. The normalized spacial score (nSPS) is 11.1. The van der Waals surface area contributed by atoms with Gasteiger partial charge < -0.3 is 0 Å². The monoisotopic (exact) mass is 192 g/mol. The summed E-state index contributed by atoms with van der Waals surface area (Å²) in [7, 11) is 1.90. The Labute approximate surface area is 82.3 Å². The summed E-state index contributed by atoms with van der Waals surface area (Å²) < 4.78 is 15.1. The highest BCUT2D eigenvalue weighted by atomic mass is 19.1. The highest BCUT2D eigenvalue weighted by molar-refractivity contribution is 5.84. The molecule has 0 saturated carbocycles. The Morgan fingerprint density at radius 2 is 2.14 bits per heavy atom. The Kier molecular flexibility index (Phi) is 2.02. The van der Waals surface area contributed by atoms with E-state index in [2.05, 4.69) is 12.0 Å². The molecule has 0 fully saturated rings. The van der Waals surface area contributed by atoms with Crippen molar-refractivity contribution in [3.05, 3.63) is 29.2 Å². The van der Waals surface area contributed by atoms with Crippen molar-refractivity contribution in [3.63, 3.8) is 0 Å². The Bertz CT molecular complexity index is 485. The zero-order valence-corrected chi connectivity index (χ0v) is 8.63. The molecule has 0 radical (unpaired) electrons. The summed E-state index contributed by atoms with van der Waals surface area (Å²) in [5.41, 5.74) is 2.57. The second-order valence-electron chi connectivity index (χ2n) is 3.49. The fourth-order valence-electron chi connectivity index (χ4n) is 1.84.